The van der Waals surface area contributed by atoms with Crippen LogP contribution in [0.5, 0.6) is 0 Å². The van der Waals surface area contributed by atoms with Gasteiger partial charge >= 0.3 is 0 Å². The maximum absolute atomic E-state index is 5.01. The van der Waals surface area contributed by atoms with Crippen LogP contribution in [0.4, 0.5) is 0 Å². The molecule has 2 aliphatic carbocycles. The van der Waals surface area contributed by atoms with Gasteiger partial charge in [0.05, 0.1) is 11.0 Å². The van der Waals surface area contributed by atoms with Crippen LogP contribution in [0, 0.1) is 0 Å². The summed E-state index contributed by atoms with van der Waals surface area (Å²) in [4.78, 5) is 14.9. The SMILES string of the molecule is c1ccc(-c2nc(-c3ccccc3)nc(-c3ccc(-n4c5ccccc5c5c6c(c7ccccc7c54)-c4ccccc4C64CCCCC4)cc3)n2)cc1. The highest BCUT2D eigenvalue weighted by Crippen LogP contribution is 2.61. The Bertz CT molecular complexity index is 2790. The molecule has 2 aliphatic rings. The Morgan fingerprint density at radius 3 is 1.64 bits per heavy atom. The van der Waals surface area contributed by atoms with Crippen molar-refractivity contribution in [3.63, 3.8) is 0 Å². The van der Waals surface area contributed by atoms with Gasteiger partial charge in [0.25, 0.3) is 0 Å². The molecule has 7 aromatic carbocycles. The first-order valence-electron chi connectivity index (χ1n) is 18.8. The molecule has 0 unspecified atom stereocenters. The van der Waals surface area contributed by atoms with E-state index in [0.29, 0.717) is 17.5 Å². The third-order valence-electron chi connectivity index (χ3n) is 11.8. The van der Waals surface area contributed by atoms with Crippen molar-refractivity contribution in [3.05, 3.63) is 169 Å². The van der Waals surface area contributed by atoms with E-state index in [1.807, 2.05) is 36.4 Å². The van der Waals surface area contributed by atoms with Crippen molar-refractivity contribution in [2.75, 3.05) is 0 Å². The highest BCUT2D eigenvalue weighted by atomic mass is 15.0. The summed E-state index contributed by atoms with van der Waals surface area (Å²) in [6.07, 6.45) is 6.22. The number of para-hydroxylation sites is 1. The topological polar surface area (TPSA) is 43.6 Å². The van der Waals surface area contributed by atoms with Crippen molar-refractivity contribution in [2.45, 2.75) is 37.5 Å². The third-order valence-corrected chi connectivity index (χ3v) is 11.8. The van der Waals surface area contributed by atoms with Crippen molar-refractivity contribution < 1.29 is 0 Å². The van der Waals surface area contributed by atoms with E-state index in [1.165, 1.54) is 81.4 Å². The molecule has 0 saturated heterocycles. The Hall–Kier alpha value is -6.39. The smallest absolute Gasteiger partial charge is 0.164 e. The van der Waals surface area contributed by atoms with Crippen LogP contribution in [-0.4, -0.2) is 19.5 Å². The van der Waals surface area contributed by atoms with Crippen LogP contribution in [0.2, 0.25) is 0 Å². The summed E-state index contributed by atoms with van der Waals surface area (Å²) in [5.74, 6) is 1.99. The minimum atomic E-state index is 0.0247. The predicted octanol–water partition coefficient (Wildman–Crippen LogP) is 12.4. The molecule has 0 bridgehead atoms. The molecule has 1 spiro atoms. The van der Waals surface area contributed by atoms with Crippen molar-refractivity contribution in [1.82, 2.24) is 19.5 Å². The molecule has 252 valence electrons. The molecule has 0 amide bonds. The molecule has 0 radical (unpaired) electrons. The van der Waals surface area contributed by atoms with Crippen LogP contribution >= 0.6 is 0 Å². The van der Waals surface area contributed by atoms with Gasteiger partial charge in [-0.25, -0.2) is 15.0 Å². The van der Waals surface area contributed by atoms with Crippen LogP contribution < -0.4 is 0 Å². The van der Waals surface area contributed by atoms with Crippen LogP contribution in [0.15, 0.2) is 158 Å². The summed E-state index contributed by atoms with van der Waals surface area (Å²) >= 11 is 0. The van der Waals surface area contributed by atoms with Gasteiger partial charge in [-0.15, -0.1) is 0 Å². The molecule has 4 heteroatoms. The molecule has 0 aliphatic heterocycles. The van der Waals surface area contributed by atoms with E-state index in [9.17, 15) is 0 Å². The average molecular weight is 681 g/mol. The van der Waals surface area contributed by atoms with Gasteiger partial charge in [0.1, 0.15) is 0 Å². The molecule has 1 saturated carbocycles. The Kier molecular flexibility index (Phi) is 6.75. The number of hydrogen-bond acceptors (Lipinski definition) is 3. The fourth-order valence-corrected chi connectivity index (χ4v) is 9.57. The molecule has 2 heterocycles. The first-order chi connectivity index (χ1) is 26.3. The molecule has 4 nitrogen and oxygen atoms in total. The number of hydrogen-bond donors (Lipinski definition) is 0. The lowest BCUT2D eigenvalue weighted by atomic mass is 9.66. The first-order valence-corrected chi connectivity index (χ1v) is 18.8. The molecule has 9 aromatic rings. The van der Waals surface area contributed by atoms with E-state index < -0.39 is 0 Å². The molecule has 2 aromatic heterocycles. The Morgan fingerprint density at radius 2 is 0.981 bits per heavy atom. The molecule has 53 heavy (non-hydrogen) atoms. The van der Waals surface area contributed by atoms with E-state index in [1.54, 1.807) is 5.56 Å². The lowest BCUT2D eigenvalue weighted by molar-refractivity contribution is 0.355. The first kappa shape index (κ1) is 30.3. The number of fused-ring (bicyclic) bond motifs is 12. The fourth-order valence-electron chi connectivity index (χ4n) is 9.57. The minimum absolute atomic E-state index is 0.0247. The fraction of sp³-hybridized carbons (Fsp3) is 0.122. The highest BCUT2D eigenvalue weighted by Gasteiger charge is 2.46. The summed E-state index contributed by atoms with van der Waals surface area (Å²) in [6.45, 7) is 0. The number of nitrogens with zero attached hydrogens (tertiary/aromatic N) is 4. The normalized spacial score (nSPS) is 14.6. The monoisotopic (exact) mass is 680 g/mol. The van der Waals surface area contributed by atoms with Gasteiger partial charge < -0.3 is 4.57 Å². The second kappa shape index (κ2) is 11.8. The zero-order valence-electron chi connectivity index (χ0n) is 29.3. The van der Waals surface area contributed by atoms with Crippen LogP contribution in [0.25, 0.3) is 83.6 Å². The number of benzene rings is 7. The van der Waals surface area contributed by atoms with Crippen molar-refractivity contribution >= 4 is 32.6 Å². The van der Waals surface area contributed by atoms with Gasteiger partial charge in [-0.05, 0) is 70.8 Å². The lowest BCUT2D eigenvalue weighted by Gasteiger charge is -2.36. The molecule has 0 atom stereocenters. The maximum Gasteiger partial charge on any atom is 0.164 e. The summed E-state index contributed by atoms with van der Waals surface area (Å²) in [5, 5.41) is 5.37. The summed E-state index contributed by atoms with van der Waals surface area (Å²) < 4.78 is 2.51. The third kappa shape index (κ3) is 4.51. The summed E-state index contributed by atoms with van der Waals surface area (Å²) in [6, 6.07) is 56.6. The zero-order chi connectivity index (χ0) is 34.9. The Labute approximate surface area is 308 Å². The Morgan fingerprint density at radius 1 is 0.453 bits per heavy atom. The van der Waals surface area contributed by atoms with Gasteiger partial charge in [-0.3, -0.25) is 0 Å². The predicted molar refractivity (Wildman–Crippen MR) is 217 cm³/mol. The molecule has 11 rings (SSSR count). The molecule has 0 N–H and O–H groups in total. The Balaban J connectivity index is 1.15. The largest absolute Gasteiger partial charge is 0.309 e. The zero-order valence-corrected chi connectivity index (χ0v) is 29.3. The van der Waals surface area contributed by atoms with E-state index in [-0.39, 0.29) is 5.41 Å². The highest BCUT2D eigenvalue weighted by molar-refractivity contribution is 6.25. The van der Waals surface area contributed by atoms with Crippen LogP contribution in [0.1, 0.15) is 43.2 Å². The van der Waals surface area contributed by atoms with Crippen molar-refractivity contribution in [2.24, 2.45) is 0 Å². The van der Waals surface area contributed by atoms with Crippen molar-refractivity contribution in [3.8, 4) is 51.0 Å². The van der Waals surface area contributed by atoms with Gasteiger partial charge in [-0.1, -0.05) is 147 Å². The molecule has 1 fully saturated rings. The van der Waals surface area contributed by atoms with Gasteiger partial charge in [0.15, 0.2) is 17.5 Å². The molecular weight excluding hydrogens is 645 g/mol. The molecular formula is C49H36N4. The van der Waals surface area contributed by atoms with Crippen LogP contribution in [0.3, 0.4) is 0 Å². The summed E-state index contributed by atoms with van der Waals surface area (Å²) in [5.41, 5.74) is 12.5. The second-order valence-corrected chi connectivity index (χ2v) is 14.6. The standard InChI is InChI=1S/C49H36N4/c1-4-16-32(17-5-1)46-50-47(33-18-6-2-7-19-33)52-48(51-46)34-26-28-35(29-27-34)53-41-25-13-11-23-39(41)43-44-42(36-20-8-9-21-37(36)45(43)53)38-22-10-12-24-40(38)49(44)30-14-3-15-31-49/h1-2,4-13,16-29H,3,14-15,30-31H2. The van der Waals surface area contributed by atoms with Crippen LogP contribution in [-0.2, 0) is 5.41 Å². The van der Waals surface area contributed by atoms with E-state index in [4.69, 9.17) is 15.0 Å². The van der Waals surface area contributed by atoms with Crippen molar-refractivity contribution in [1.29, 1.82) is 0 Å². The summed E-state index contributed by atoms with van der Waals surface area (Å²) in [7, 11) is 0. The van der Waals surface area contributed by atoms with Gasteiger partial charge in [-0.2, -0.15) is 0 Å². The maximum atomic E-state index is 5.01. The average Bonchev–Trinajstić information content (AvgIpc) is 3.72. The quantitative estimate of drug-likeness (QED) is 0.186. The van der Waals surface area contributed by atoms with Gasteiger partial charge in [0, 0.05) is 44.0 Å². The van der Waals surface area contributed by atoms with Gasteiger partial charge in [0.2, 0.25) is 0 Å². The van der Waals surface area contributed by atoms with E-state index in [2.05, 4.69) is 126 Å². The minimum Gasteiger partial charge on any atom is -0.309 e. The second-order valence-electron chi connectivity index (χ2n) is 14.6. The van der Waals surface area contributed by atoms with E-state index in [0.717, 1.165) is 22.4 Å². The van der Waals surface area contributed by atoms with E-state index >= 15 is 0 Å². The lowest BCUT2D eigenvalue weighted by Crippen LogP contribution is -2.28. The number of aromatic nitrogens is 4. The number of rotatable bonds is 4.